The molecule has 190 valence electrons. The molecular formula is C25H20F4N6O2. The van der Waals surface area contributed by atoms with Gasteiger partial charge in [-0.2, -0.15) is 18.3 Å². The lowest BCUT2D eigenvalue weighted by molar-refractivity contribution is -0.137. The molecule has 37 heavy (non-hydrogen) atoms. The smallest absolute Gasteiger partial charge is 0.418 e. The fraction of sp³-hybridized carbons (Fsp3) is 0.160. The number of nitrogen functional groups attached to an aromatic ring is 1. The number of rotatable bonds is 6. The summed E-state index contributed by atoms with van der Waals surface area (Å²) in [5, 5.41) is 4.23. The normalized spacial score (nSPS) is 11.7. The standard InChI is InChI=1S/C25H20F4N6O2/c1-14-31-13-35(33-14)20-8-3-15(9-21(20)36-2)22-19(25(27,28)29)11-34-10-17(32-24(34)23(22)30)12-37-18-6-4-16(26)5-7-18/h3-11,13H,12,30H2,1-2H3. The van der Waals surface area contributed by atoms with Crippen molar-refractivity contribution in [1.29, 1.82) is 0 Å². The average Bonchev–Trinajstić information content (AvgIpc) is 3.49. The molecule has 0 bridgehead atoms. The quantitative estimate of drug-likeness (QED) is 0.314. The van der Waals surface area contributed by atoms with E-state index in [1.807, 2.05) is 0 Å². The Kier molecular flexibility index (Phi) is 5.94. The van der Waals surface area contributed by atoms with Crippen LogP contribution in [0, 0.1) is 12.7 Å². The van der Waals surface area contributed by atoms with E-state index in [0.717, 1.165) is 6.20 Å². The minimum atomic E-state index is -4.71. The van der Waals surface area contributed by atoms with Gasteiger partial charge in [-0.3, -0.25) is 0 Å². The highest BCUT2D eigenvalue weighted by Crippen LogP contribution is 2.43. The molecule has 0 fully saturated rings. The van der Waals surface area contributed by atoms with Crippen molar-refractivity contribution in [2.75, 3.05) is 12.8 Å². The van der Waals surface area contributed by atoms with Gasteiger partial charge in [-0.25, -0.2) is 19.0 Å². The number of hydrogen-bond donors (Lipinski definition) is 1. The van der Waals surface area contributed by atoms with Crippen LogP contribution in [0.1, 0.15) is 17.1 Å². The number of hydrogen-bond acceptors (Lipinski definition) is 6. The lowest BCUT2D eigenvalue weighted by Crippen LogP contribution is -2.12. The fourth-order valence-electron chi connectivity index (χ4n) is 3.97. The fourth-order valence-corrected chi connectivity index (χ4v) is 3.97. The first-order valence-corrected chi connectivity index (χ1v) is 11.0. The number of halogens is 4. The van der Waals surface area contributed by atoms with Crippen LogP contribution >= 0.6 is 0 Å². The molecule has 0 amide bonds. The Morgan fingerprint density at radius 1 is 1.05 bits per heavy atom. The number of pyridine rings is 1. The zero-order valence-corrected chi connectivity index (χ0v) is 19.6. The van der Waals surface area contributed by atoms with Crippen LogP contribution < -0.4 is 15.2 Å². The van der Waals surface area contributed by atoms with Gasteiger partial charge in [0.05, 0.1) is 24.1 Å². The molecule has 5 rings (SSSR count). The van der Waals surface area contributed by atoms with Gasteiger partial charge >= 0.3 is 6.18 Å². The predicted octanol–water partition coefficient (Wildman–Crippen LogP) is 5.22. The highest BCUT2D eigenvalue weighted by molar-refractivity contribution is 5.88. The number of alkyl halides is 3. The lowest BCUT2D eigenvalue weighted by Gasteiger charge is -2.18. The minimum Gasteiger partial charge on any atom is -0.494 e. The first-order chi connectivity index (χ1) is 17.6. The second-order valence-corrected chi connectivity index (χ2v) is 8.16. The third-order valence-electron chi connectivity index (χ3n) is 5.66. The zero-order chi connectivity index (χ0) is 26.3. The molecular weight excluding hydrogens is 492 g/mol. The number of fused-ring (bicyclic) bond motifs is 1. The molecule has 2 N–H and O–H groups in total. The monoisotopic (exact) mass is 512 g/mol. The Morgan fingerprint density at radius 3 is 2.46 bits per heavy atom. The van der Waals surface area contributed by atoms with Crippen LogP contribution in [0.2, 0.25) is 0 Å². The van der Waals surface area contributed by atoms with Gasteiger partial charge in [0, 0.05) is 18.0 Å². The van der Waals surface area contributed by atoms with Gasteiger partial charge in [0.1, 0.15) is 41.8 Å². The van der Waals surface area contributed by atoms with Crippen molar-refractivity contribution in [1.82, 2.24) is 24.1 Å². The number of anilines is 1. The van der Waals surface area contributed by atoms with Gasteiger partial charge in [0.15, 0.2) is 5.65 Å². The van der Waals surface area contributed by atoms with E-state index in [1.54, 1.807) is 13.0 Å². The van der Waals surface area contributed by atoms with Crippen molar-refractivity contribution in [2.24, 2.45) is 0 Å². The Balaban J connectivity index is 1.58. The summed E-state index contributed by atoms with van der Waals surface area (Å²) in [4.78, 5) is 8.46. The molecule has 0 aliphatic heterocycles. The summed E-state index contributed by atoms with van der Waals surface area (Å²) in [6.45, 7) is 1.66. The van der Waals surface area contributed by atoms with E-state index in [0.29, 0.717) is 23.0 Å². The van der Waals surface area contributed by atoms with Gasteiger partial charge in [-0.1, -0.05) is 6.07 Å². The highest BCUT2D eigenvalue weighted by Gasteiger charge is 2.36. The maximum atomic E-state index is 14.2. The molecule has 0 atom stereocenters. The van der Waals surface area contributed by atoms with Crippen LogP contribution in [0.25, 0.3) is 22.5 Å². The van der Waals surface area contributed by atoms with Crippen molar-refractivity contribution < 1.29 is 27.0 Å². The van der Waals surface area contributed by atoms with E-state index in [2.05, 4.69) is 15.1 Å². The SMILES string of the molecule is COc1cc(-c2c(C(F)(F)F)cn3cc(COc4ccc(F)cc4)nc3c2N)ccc1-n1cnc(C)n1. The van der Waals surface area contributed by atoms with E-state index >= 15 is 0 Å². The zero-order valence-electron chi connectivity index (χ0n) is 19.6. The van der Waals surface area contributed by atoms with Crippen molar-refractivity contribution in [3.63, 3.8) is 0 Å². The van der Waals surface area contributed by atoms with E-state index in [-0.39, 0.29) is 34.8 Å². The average molecular weight is 512 g/mol. The molecule has 0 saturated carbocycles. The molecule has 3 aromatic heterocycles. The van der Waals surface area contributed by atoms with Crippen LogP contribution in [-0.4, -0.2) is 31.3 Å². The largest absolute Gasteiger partial charge is 0.494 e. The Bertz CT molecular complexity index is 1590. The molecule has 0 spiro atoms. The topological polar surface area (TPSA) is 92.5 Å². The van der Waals surface area contributed by atoms with E-state index in [1.165, 1.54) is 65.1 Å². The summed E-state index contributed by atoms with van der Waals surface area (Å²) < 4.78 is 69.4. The lowest BCUT2D eigenvalue weighted by atomic mass is 9.98. The third-order valence-corrected chi connectivity index (χ3v) is 5.66. The number of nitrogens with two attached hydrogens (primary N) is 1. The summed E-state index contributed by atoms with van der Waals surface area (Å²) in [5.74, 6) is 0.782. The first kappa shape index (κ1) is 24.1. The Hall–Kier alpha value is -4.61. The molecule has 5 aromatic rings. The van der Waals surface area contributed by atoms with Gasteiger partial charge in [-0.15, -0.1) is 0 Å². The second kappa shape index (κ2) is 9.12. The Morgan fingerprint density at radius 2 is 1.81 bits per heavy atom. The van der Waals surface area contributed by atoms with Crippen LogP contribution in [0.15, 0.2) is 61.2 Å². The Labute approximate surface area is 207 Å². The number of nitrogens with zero attached hydrogens (tertiary/aromatic N) is 5. The molecule has 0 unspecified atom stereocenters. The molecule has 2 aromatic carbocycles. The van der Waals surface area contributed by atoms with Crippen LogP contribution in [0.4, 0.5) is 23.2 Å². The molecule has 0 radical (unpaired) electrons. The number of benzene rings is 2. The van der Waals surface area contributed by atoms with Crippen molar-refractivity contribution >= 4 is 11.3 Å². The maximum Gasteiger partial charge on any atom is 0.418 e. The van der Waals surface area contributed by atoms with Gasteiger partial charge in [0.2, 0.25) is 0 Å². The summed E-state index contributed by atoms with van der Waals surface area (Å²) in [6.07, 6.45) is -0.877. The van der Waals surface area contributed by atoms with Crippen molar-refractivity contribution in [3.05, 3.63) is 84.1 Å². The van der Waals surface area contributed by atoms with Crippen LogP contribution in [0.5, 0.6) is 11.5 Å². The number of imidazole rings is 1. The molecule has 8 nitrogen and oxygen atoms in total. The van der Waals surface area contributed by atoms with E-state index in [4.69, 9.17) is 15.2 Å². The predicted molar refractivity (Wildman–Crippen MR) is 127 cm³/mol. The molecule has 0 aliphatic carbocycles. The van der Waals surface area contributed by atoms with Gasteiger partial charge in [-0.05, 0) is 48.9 Å². The molecule has 0 aliphatic rings. The summed E-state index contributed by atoms with van der Waals surface area (Å²) in [7, 11) is 1.41. The molecule has 12 heteroatoms. The summed E-state index contributed by atoms with van der Waals surface area (Å²) in [6, 6.07) is 9.91. The number of aromatic nitrogens is 5. The van der Waals surface area contributed by atoms with Crippen LogP contribution in [0.3, 0.4) is 0 Å². The molecule has 3 heterocycles. The second-order valence-electron chi connectivity index (χ2n) is 8.16. The number of ether oxygens (including phenoxy) is 2. The van der Waals surface area contributed by atoms with Crippen LogP contribution in [-0.2, 0) is 12.8 Å². The third kappa shape index (κ3) is 4.65. The number of aryl methyl sites for hydroxylation is 1. The molecule has 0 saturated heterocycles. The summed E-state index contributed by atoms with van der Waals surface area (Å²) in [5.41, 5.74) is 6.14. The van der Waals surface area contributed by atoms with Crippen molar-refractivity contribution in [2.45, 2.75) is 19.7 Å². The first-order valence-electron chi connectivity index (χ1n) is 11.0. The summed E-state index contributed by atoms with van der Waals surface area (Å²) >= 11 is 0. The van der Waals surface area contributed by atoms with E-state index in [9.17, 15) is 17.6 Å². The minimum absolute atomic E-state index is 0.0523. The van der Waals surface area contributed by atoms with E-state index < -0.39 is 17.6 Å². The van der Waals surface area contributed by atoms with Gasteiger partial charge < -0.3 is 19.6 Å². The highest BCUT2D eigenvalue weighted by atomic mass is 19.4. The maximum absolute atomic E-state index is 14.2. The van der Waals surface area contributed by atoms with Crippen molar-refractivity contribution in [3.8, 4) is 28.3 Å². The van der Waals surface area contributed by atoms with Gasteiger partial charge in [0.25, 0.3) is 0 Å². The number of methoxy groups -OCH3 is 1.